The highest BCUT2D eigenvalue weighted by molar-refractivity contribution is 9.11. The molecule has 21 heavy (non-hydrogen) atoms. The number of rotatable bonds is 5. The van der Waals surface area contributed by atoms with E-state index in [0.29, 0.717) is 13.2 Å². The molecule has 0 saturated carbocycles. The second kappa shape index (κ2) is 7.65. The zero-order valence-electron chi connectivity index (χ0n) is 11.8. The lowest BCUT2D eigenvalue weighted by Crippen LogP contribution is -2.05. The molecule has 0 unspecified atom stereocenters. The van der Waals surface area contributed by atoms with Crippen molar-refractivity contribution in [3.8, 4) is 5.75 Å². The number of benzene rings is 2. The van der Waals surface area contributed by atoms with Crippen LogP contribution in [-0.2, 0) is 6.54 Å². The van der Waals surface area contributed by atoms with Gasteiger partial charge < -0.3 is 10.1 Å². The second-order valence-electron chi connectivity index (χ2n) is 4.57. The largest absolute Gasteiger partial charge is 0.492 e. The van der Waals surface area contributed by atoms with E-state index < -0.39 is 0 Å². The predicted octanol–water partition coefficient (Wildman–Crippen LogP) is 6.29. The molecule has 1 N–H and O–H groups in total. The molecular weight excluding hydrogens is 462 g/mol. The molecule has 0 spiro atoms. The van der Waals surface area contributed by atoms with Crippen molar-refractivity contribution in [3.63, 3.8) is 0 Å². The standard InChI is InChI=1S/C16H16Br3NO/c1-3-21-16-11(7-12(17)8-14(16)19)9-20-15-6-4-5-13(18)10(15)2/h4-8,20H,3,9H2,1-2H3. The maximum Gasteiger partial charge on any atom is 0.138 e. The third kappa shape index (κ3) is 4.24. The van der Waals surface area contributed by atoms with Crippen molar-refractivity contribution in [3.05, 3.63) is 54.9 Å². The molecule has 0 amide bonds. The van der Waals surface area contributed by atoms with Gasteiger partial charge in [-0.2, -0.15) is 0 Å². The zero-order valence-corrected chi connectivity index (χ0v) is 16.6. The molecule has 2 aromatic rings. The summed E-state index contributed by atoms with van der Waals surface area (Å²) in [5, 5.41) is 3.47. The summed E-state index contributed by atoms with van der Waals surface area (Å²) in [5.41, 5.74) is 3.42. The molecule has 2 aromatic carbocycles. The van der Waals surface area contributed by atoms with Crippen molar-refractivity contribution in [1.29, 1.82) is 0 Å². The number of hydrogen-bond acceptors (Lipinski definition) is 2. The lowest BCUT2D eigenvalue weighted by molar-refractivity contribution is 0.334. The predicted molar refractivity (Wildman–Crippen MR) is 99.2 cm³/mol. The van der Waals surface area contributed by atoms with E-state index in [-0.39, 0.29) is 0 Å². The van der Waals surface area contributed by atoms with Crippen molar-refractivity contribution in [2.45, 2.75) is 20.4 Å². The first-order chi connectivity index (χ1) is 10.0. The molecule has 0 aliphatic rings. The van der Waals surface area contributed by atoms with Gasteiger partial charge in [0, 0.05) is 26.7 Å². The molecule has 2 nitrogen and oxygen atoms in total. The number of nitrogens with one attached hydrogen (secondary N) is 1. The molecule has 0 bridgehead atoms. The minimum atomic E-state index is 0.642. The number of anilines is 1. The van der Waals surface area contributed by atoms with Crippen molar-refractivity contribution in [2.75, 3.05) is 11.9 Å². The SMILES string of the molecule is CCOc1c(Br)cc(Br)cc1CNc1cccc(Br)c1C. The molecule has 0 aliphatic carbocycles. The highest BCUT2D eigenvalue weighted by atomic mass is 79.9. The fourth-order valence-corrected chi connectivity index (χ4v) is 3.83. The zero-order chi connectivity index (χ0) is 15.4. The molecule has 0 aromatic heterocycles. The van der Waals surface area contributed by atoms with Crippen molar-refractivity contribution in [1.82, 2.24) is 0 Å². The van der Waals surface area contributed by atoms with Gasteiger partial charge >= 0.3 is 0 Å². The van der Waals surface area contributed by atoms with Crippen LogP contribution in [0.4, 0.5) is 5.69 Å². The van der Waals surface area contributed by atoms with Gasteiger partial charge in [0.05, 0.1) is 11.1 Å². The van der Waals surface area contributed by atoms with Gasteiger partial charge in [-0.25, -0.2) is 0 Å². The molecule has 0 saturated heterocycles. The average Bonchev–Trinajstić information content (AvgIpc) is 2.44. The molecule has 0 atom stereocenters. The summed E-state index contributed by atoms with van der Waals surface area (Å²) in [5.74, 6) is 0.890. The van der Waals surface area contributed by atoms with Gasteiger partial charge in [0.25, 0.3) is 0 Å². The summed E-state index contributed by atoms with van der Waals surface area (Å²) >= 11 is 10.6. The Kier molecular flexibility index (Phi) is 6.14. The highest BCUT2D eigenvalue weighted by Gasteiger charge is 2.10. The summed E-state index contributed by atoms with van der Waals surface area (Å²) in [6, 6.07) is 10.2. The van der Waals surface area contributed by atoms with Crippen LogP contribution in [0.2, 0.25) is 0 Å². The van der Waals surface area contributed by atoms with Crippen LogP contribution in [0.1, 0.15) is 18.1 Å². The number of ether oxygens (including phenoxy) is 1. The third-order valence-electron chi connectivity index (χ3n) is 3.11. The minimum absolute atomic E-state index is 0.642. The Bertz CT molecular complexity index is 644. The lowest BCUT2D eigenvalue weighted by atomic mass is 10.1. The summed E-state index contributed by atoms with van der Waals surface area (Å²) in [6.07, 6.45) is 0. The Morgan fingerprint density at radius 3 is 2.57 bits per heavy atom. The van der Waals surface area contributed by atoms with E-state index in [9.17, 15) is 0 Å². The Morgan fingerprint density at radius 1 is 1.10 bits per heavy atom. The highest BCUT2D eigenvalue weighted by Crippen LogP contribution is 2.34. The molecule has 112 valence electrons. The van der Waals surface area contributed by atoms with Crippen LogP contribution in [0.5, 0.6) is 5.75 Å². The summed E-state index contributed by atoms with van der Waals surface area (Å²) < 4.78 is 8.84. The van der Waals surface area contributed by atoms with Gasteiger partial charge in [-0.1, -0.05) is 37.9 Å². The smallest absolute Gasteiger partial charge is 0.138 e. The maximum atomic E-state index is 5.75. The number of hydrogen-bond donors (Lipinski definition) is 1. The molecule has 2 rings (SSSR count). The van der Waals surface area contributed by atoms with Gasteiger partial charge in [-0.15, -0.1) is 0 Å². The molecule has 0 radical (unpaired) electrons. The molecule has 0 fully saturated rings. The Balaban J connectivity index is 2.25. The van der Waals surface area contributed by atoms with E-state index in [2.05, 4.69) is 72.2 Å². The normalized spacial score (nSPS) is 10.5. The third-order valence-corrected chi connectivity index (χ3v) is 5.02. The number of halogens is 3. The van der Waals surface area contributed by atoms with Gasteiger partial charge in [0.1, 0.15) is 5.75 Å². The van der Waals surface area contributed by atoms with E-state index in [1.54, 1.807) is 0 Å². The van der Waals surface area contributed by atoms with Gasteiger partial charge in [-0.05, 0) is 59.6 Å². The lowest BCUT2D eigenvalue weighted by Gasteiger charge is -2.15. The van der Waals surface area contributed by atoms with Crippen LogP contribution in [0.25, 0.3) is 0 Å². The molecule has 0 heterocycles. The van der Waals surface area contributed by atoms with Crippen LogP contribution < -0.4 is 10.1 Å². The quantitative estimate of drug-likeness (QED) is 0.546. The summed E-state index contributed by atoms with van der Waals surface area (Å²) in [6.45, 7) is 5.42. The fourth-order valence-electron chi connectivity index (χ4n) is 2.04. The van der Waals surface area contributed by atoms with E-state index in [1.165, 1.54) is 5.56 Å². The Labute approximate surface area is 150 Å². The van der Waals surface area contributed by atoms with E-state index in [1.807, 2.05) is 25.1 Å². The average molecular weight is 478 g/mol. The first-order valence-corrected chi connectivity index (χ1v) is 9.00. The molecule has 0 aliphatic heterocycles. The van der Waals surface area contributed by atoms with Crippen molar-refractivity contribution in [2.24, 2.45) is 0 Å². The van der Waals surface area contributed by atoms with E-state index in [0.717, 1.165) is 30.4 Å². The van der Waals surface area contributed by atoms with Crippen LogP contribution in [-0.4, -0.2) is 6.61 Å². The summed E-state index contributed by atoms with van der Waals surface area (Å²) in [7, 11) is 0. The van der Waals surface area contributed by atoms with Gasteiger partial charge in [-0.3, -0.25) is 0 Å². The van der Waals surface area contributed by atoms with Crippen LogP contribution in [0, 0.1) is 6.92 Å². The fraction of sp³-hybridized carbons (Fsp3) is 0.250. The Hall–Kier alpha value is -0.520. The maximum absolute atomic E-state index is 5.75. The molecule has 5 heteroatoms. The topological polar surface area (TPSA) is 21.3 Å². The van der Waals surface area contributed by atoms with Crippen molar-refractivity contribution >= 4 is 53.5 Å². The first-order valence-electron chi connectivity index (χ1n) is 6.62. The Morgan fingerprint density at radius 2 is 1.86 bits per heavy atom. The summed E-state index contributed by atoms with van der Waals surface area (Å²) in [4.78, 5) is 0. The second-order valence-corrected chi connectivity index (χ2v) is 7.20. The van der Waals surface area contributed by atoms with E-state index in [4.69, 9.17) is 4.74 Å². The minimum Gasteiger partial charge on any atom is -0.492 e. The van der Waals surface area contributed by atoms with E-state index >= 15 is 0 Å². The van der Waals surface area contributed by atoms with Gasteiger partial charge in [0.15, 0.2) is 0 Å². The first kappa shape index (κ1) is 16.8. The van der Waals surface area contributed by atoms with Crippen molar-refractivity contribution < 1.29 is 4.74 Å². The van der Waals surface area contributed by atoms with Crippen LogP contribution in [0.15, 0.2) is 43.7 Å². The molecular formula is C16H16Br3NO. The monoisotopic (exact) mass is 475 g/mol. The van der Waals surface area contributed by atoms with Crippen LogP contribution in [0.3, 0.4) is 0 Å². The van der Waals surface area contributed by atoms with Crippen LogP contribution >= 0.6 is 47.8 Å². The van der Waals surface area contributed by atoms with Gasteiger partial charge in [0.2, 0.25) is 0 Å².